The smallest absolute Gasteiger partial charge is 0.239 e. The van der Waals surface area contributed by atoms with Crippen LogP contribution in [0.25, 0.3) is 0 Å². The van der Waals surface area contributed by atoms with Crippen LogP contribution in [-0.2, 0) is 16.1 Å². The average Bonchev–Trinajstić information content (AvgIpc) is 2.67. The lowest BCUT2D eigenvalue weighted by atomic mass is 9.90. The average molecular weight is 374 g/mol. The summed E-state index contributed by atoms with van der Waals surface area (Å²) in [6.07, 6.45) is 0. The van der Waals surface area contributed by atoms with Crippen molar-refractivity contribution in [1.29, 1.82) is 0 Å². The Kier molecular flexibility index (Phi) is 6.39. The van der Waals surface area contributed by atoms with E-state index in [0.29, 0.717) is 17.2 Å². The zero-order valence-electron chi connectivity index (χ0n) is 15.8. The van der Waals surface area contributed by atoms with E-state index >= 15 is 0 Å². The number of carbonyl (C=O) groups is 2. The van der Waals surface area contributed by atoms with E-state index < -0.39 is 23.0 Å². The van der Waals surface area contributed by atoms with E-state index in [1.54, 1.807) is 25.3 Å². The molecule has 0 bridgehead atoms. The molecule has 2 amide bonds. The molecule has 0 saturated carbocycles. The first-order chi connectivity index (χ1) is 12.8. The minimum Gasteiger partial charge on any atom is -0.493 e. The van der Waals surface area contributed by atoms with Gasteiger partial charge in [-0.05, 0) is 55.8 Å². The van der Waals surface area contributed by atoms with Crippen LogP contribution in [0.2, 0.25) is 0 Å². The van der Waals surface area contributed by atoms with Crippen molar-refractivity contribution in [3.8, 4) is 11.5 Å². The Morgan fingerprint density at radius 1 is 0.963 bits per heavy atom. The molecule has 0 aromatic heterocycles. The molecule has 7 heteroatoms. The second-order valence-electron chi connectivity index (χ2n) is 6.46. The van der Waals surface area contributed by atoms with Gasteiger partial charge in [-0.15, -0.1) is 0 Å². The maximum absolute atomic E-state index is 13.0. The first-order valence-corrected chi connectivity index (χ1v) is 8.34. The van der Waals surface area contributed by atoms with E-state index in [0.717, 1.165) is 5.56 Å². The summed E-state index contributed by atoms with van der Waals surface area (Å²) in [7, 11) is 3.07. The largest absolute Gasteiger partial charge is 0.493 e. The van der Waals surface area contributed by atoms with Gasteiger partial charge in [0.15, 0.2) is 11.5 Å². The van der Waals surface area contributed by atoms with Crippen LogP contribution in [0.3, 0.4) is 0 Å². The van der Waals surface area contributed by atoms with Gasteiger partial charge >= 0.3 is 0 Å². The van der Waals surface area contributed by atoms with E-state index in [1.807, 2.05) is 0 Å². The molecular weight excluding hydrogens is 351 g/mol. The maximum Gasteiger partial charge on any atom is 0.239 e. The Morgan fingerprint density at radius 2 is 1.59 bits per heavy atom. The number of hydrogen-bond donors (Lipinski definition) is 2. The molecule has 2 aromatic rings. The number of rotatable bonds is 7. The van der Waals surface area contributed by atoms with Crippen molar-refractivity contribution in [2.75, 3.05) is 19.5 Å². The Bertz CT molecular complexity index is 819. The summed E-state index contributed by atoms with van der Waals surface area (Å²) in [6, 6.07) is 10.6. The van der Waals surface area contributed by atoms with Gasteiger partial charge in [-0.1, -0.05) is 6.07 Å². The number of carbonyl (C=O) groups excluding carboxylic acids is 2. The van der Waals surface area contributed by atoms with Gasteiger partial charge in [0, 0.05) is 12.2 Å². The number of methoxy groups -OCH3 is 2. The second kappa shape index (κ2) is 8.53. The predicted molar refractivity (Wildman–Crippen MR) is 100 cm³/mol. The van der Waals surface area contributed by atoms with Gasteiger partial charge in [0.05, 0.1) is 14.2 Å². The monoisotopic (exact) mass is 374 g/mol. The fourth-order valence-corrected chi connectivity index (χ4v) is 2.32. The molecule has 0 saturated heterocycles. The van der Waals surface area contributed by atoms with Gasteiger partial charge in [-0.25, -0.2) is 4.39 Å². The summed E-state index contributed by atoms with van der Waals surface area (Å²) in [5.41, 5.74) is -0.0943. The minimum absolute atomic E-state index is 0.229. The molecule has 0 aliphatic heterocycles. The Morgan fingerprint density at radius 3 is 2.19 bits per heavy atom. The molecule has 0 heterocycles. The van der Waals surface area contributed by atoms with Crippen molar-refractivity contribution >= 4 is 17.5 Å². The SMILES string of the molecule is COc1ccc(CNC(=O)C(C)(C)C(=O)Nc2ccc(F)cc2)cc1OC. The summed E-state index contributed by atoms with van der Waals surface area (Å²) >= 11 is 0. The molecule has 6 nitrogen and oxygen atoms in total. The number of ether oxygens (including phenoxy) is 2. The van der Waals surface area contributed by atoms with E-state index in [2.05, 4.69) is 10.6 Å². The van der Waals surface area contributed by atoms with Gasteiger partial charge in [-0.2, -0.15) is 0 Å². The lowest BCUT2D eigenvalue weighted by Crippen LogP contribution is -2.44. The van der Waals surface area contributed by atoms with Gasteiger partial charge in [0.1, 0.15) is 11.2 Å². The molecule has 0 radical (unpaired) electrons. The number of anilines is 1. The fourth-order valence-electron chi connectivity index (χ4n) is 2.32. The van der Waals surface area contributed by atoms with Gasteiger partial charge in [-0.3, -0.25) is 9.59 Å². The second-order valence-corrected chi connectivity index (χ2v) is 6.46. The number of nitrogens with one attached hydrogen (secondary N) is 2. The highest BCUT2D eigenvalue weighted by Gasteiger charge is 2.36. The van der Waals surface area contributed by atoms with Crippen LogP contribution in [0.4, 0.5) is 10.1 Å². The summed E-state index contributed by atoms with van der Waals surface area (Å²) in [6.45, 7) is 3.28. The van der Waals surface area contributed by atoms with Crippen LogP contribution in [0.5, 0.6) is 11.5 Å². The van der Waals surface area contributed by atoms with Crippen molar-refractivity contribution in [2.24, 2.45) is 5.41 Å². The lowest BCUT2D eigenvalue weighted by Gasteiger charge is -2.23. The molecule has 0 unspecified atom stereocenters. The molecule has 0 spiro atoms. The number of benzene rings is 2. The Hall–Kier alpha value is -3.09. The molecule has 2 N–H and O–H groups in total. The van der Waals surface area contributed by atoms with Gasteiger partial charge < -0.3 is 20.1 Å². The molecular formula is C20H23FN2O4. The first kappa shape index (κ1) is 20.2. The lowest BCUT2D eigenvalue weighted by molar-refractivity contribution is -0.138. The van der Waals surface area contributed by atoms with Crippen molar-refractivity contribution in [1.82, 2.24) is 5.32 Å². The summed E-state index contributed by atoms with van der Waals surface area (Å²) in [5, 5.41) is 5.37. The molecule has 144 valence electrons. The maximum atomic E-state index is 13.0. The highest BCUT2D eigenvalue weighted by molar-refractivity contribution is 6.09. The predicted octanol–water partition coefficient (Wildman–Crippen LogP) is 3.12. The van der Waals surface area contributed by atoms with Gasteiger partial charge in [0.25, 0.3) is 0 Å². The summed E-state index contributed by atoms with van der Waals surface area (Å²) in [4.78, 5) is 25.0. The number of amides is 2. The van der Waals surface area contributed by atoms with Gasteiger partial charge in [0.2, 0.25) is 11.8 Å². The molecule has 0 atom stereocenters. The quantitative estimate of drug-likeness (QED) is 0.730. The number of halogens is 1. The van der Waals surface area contributed by atoms with Crippen molar-refractivity contribution in [3.63, 3.8) is 0 Å². The standard InChI is InChI=1S/C20H23FN2O4/c1-20(2,19(25)23-15-8-6-14(21)7-9-15)18(24)22-12-13-5-10-16(26-3)17(11-13)27-4/h5-11H,12H2,1-4H3,(H,22,24)(H,23,25). The molecule has 0 aliphatic rings. The Balaban J connectivity index is 2.00. The Labute approximate surface area is 157 Å². The van der Waals surface area contributed by atoms with E-state index in [4.69, 9.17) is 9.47 Å². The third-order valence-corrected chi connectivity index (χ3v) is 4.14. The zero-order chi connectivity index (χ0) is 20.0. The first-order valence-electron chi connectivity index (χ1n) is 8.34. The van der Waals surface area contributed by atoms with Crippen LogP contribution in [0.15, 0.2) is 42.5 Å². The molecule has 2 aromatic carbocycles. The molecule has 0 fully saturated rings. The van der Waals surface area contributed by atoms with Crippen LogP contribution in [0, 0.1) is 11.2 Å². The molecule has 0 aliphatic carbocycles. The molecule has 2 rings (SSSR count). The van der Waals surface area contributed by atoms with E-state index in [1.165, 1.54) is 45.2 Å². The normalized spacial score (nSPS) is 10.9. The van der Waals surface area contributed by atoms with Crippen molar-refractivity contribution < 1.29 is 23.5 Å². The van der Waals surface area contributed by atoms with Crippen LogP contribution < -0.4 is 20.1 Å². The summed E-state index contributed by atoms with van der Waals surface area (Å²) in [5.74, 6) is -0.181. The van der Waals surface area contributed by atoms with Crippen LogP contribution >= 0.6 is 0 Å². The highest BCUT2D eigenvalue weighted by atomic mass is 19.1. The minimum atomic E-state index is -1.31. The van der Waals surface area contributed by atoms with E-state index in [9.17, 15) is 14.0 Å². The zero-order valence-corrected chi connectivity index (χ0v) is 15.8. The van der Waals surface area contributed by atoms with Crippen molar-refractivity contribution in [3.05, 3.63) is 53.8 Å². The summed E-state index contributed by atoms with van der Waals surface area (Å²) < 4.78 is 23.4. The topological polar surface area (TPSA) is 76.7 Å². The van der Waals surface area contributed by atoms with Crippen molar-refractivity contribution in [2.45, 2.75) is 20.4 Å². The third kappa shape index (κ3) is 4.97. The third-order valence-electron chi connectivity index (χ3n) is 4.14. The highest BCUT2D eigenvalue weighted by Crippen LogP contribution is 2.27. The fraction of sp³-hybridized carbons (Fsp3) is 0.300. The molecule has 27 heavy (non-hydrogen) atoms. The number of hydrogen-bond acceptors (Lipinski definition) is 4. The van der Waals surface area contributed by atoms with Crippen LogP contribution in [-0.4, -0.2) is 26.0 Å². The van der Waals surface area contributed by atoms with E-state index in [-0.39, 0.29) is 6.54 Å². The van der Waals surface area contributed by atoms with Crippen LogP contribution in [0.1, 0.15) is 19.4 Å².